The van der Waals surface area contributed by atoms with E-state index in [9.17, 15) is 19.6 Å². The van der Waals surface area contributed by atoms with Crippen molar-refractivity contribution in [3.05, 3.63) is 22.9 Å². The Morgan fingerprint density at radius 1 is 1.11 bits per heavy atom. The third kappa shape index (κ3) is 6.56. The number of nitrogens with zero attached hydrogens (tertiary/aromatic N) is 5. The van der Waals surface area contributed by atoms with Crippen molar-refractivity contribution in [3.63, 3.8) is 0 Å². The molecule has 0 spiro atoms. The smallest absolute Gasteiger partial charge is 0.410 e. The van der Waals surface area contributed by atoms with Crippen LogP contribution in [0.15, 0.2) is 6.07 Å². The van der Waals surface area contributed by atoms with Crippen LogP contribution in [0.3, 0.4) is 0 Å². The van der Waals surface area contributed by atoms with Crippen molar-refractivity contribution in [2.75, 3.05) is 50.8 Å². The third-order valence-electron chi connectivity index (χ3n) is 6.05. The van der Waals surface area contributed by atoms with Gasteiger partial charge in [-0.1, -0.05) is 0 Å². The molecular formula is C25H35N5O6. The van der Waals surface area contributed by atoms with Gasteiger partial charge in [-0.3, -0.25) is 0 Å². The van der Waals surface area contributed by atoms with E-state index in [1.54, 1.807) is 23.6 Å². The second kappa shape index (κ2) is 11.5. The number of piperazine rings is 1. The van der Waals surface area contributed by atoms with Crippen molar-refractivity contribution >= 4 is 24.0 Å². The van der Waals surface area contributed by atoms with Gasteiger partial charge in [0.05, 0.1) is 23.9 Å². The maximum atomic E-state index is 12.7. The van der Waals surface area contributed by atoms with E-state index < -0.39 is 23.8 Å². The van der Waals surface area contributed by atoms with Crippen LogP contribution in [0.25, 0.3) is 0 Å². The first-order valence-corrected chi connectivity index (χ1v) is 12.3. The van der Waals surface area contributed by atoms with E-state index >= 15 is 0 Å². The predicted molar refractivity (Wildman–Crippen MR) is 131 cm³/mol. The molecule has 0 aromatic carbocycles. The number of anilines is 1. The number of amides is 2. The molecule has 3 heterocycles. The summed E-state index contributed by atoms with van der Waals surface area (Å²) >= 11 is 0. The third-order valence-corrected chi connectivity index (χ3v) is 6.05. The summed E-state index contributed by atoms with van der Waals surface area (Å²) in [6, 6.07) is 3.35. The highest BCUT2D eigenvalue weighted by atomic mass is 16.6. The molecule has 0 aliphatic carbocycles. The van der Waals surface area contributed by atoms with Crippen LogP contribution in [0.5, 0.6) is 0 Å². The van der Waals surface area contributed by atoms with E-state index in [0.717, 1.165) is 12.8 Å². The summed E-state index contributed by atoms with van der Waals surface area (Å²) in [6.45, 7) is 11.4. The first-order valence-electron chi connectivity index (χ1n) is 12.3. The second-order valence-electron chi connectivity index (χ2n) is 9.85. The molecule has 3 rings (SSSR count). The number of carbonyl (C=O) groups excluding carboxylic acids is 3. The van der Waals surface area contributed by atoms with Crippen molar-refractivity contribution in [1.29, 1.82) is 5.26 Å². The summed E-state index contributed by atoms with van der Waals surface area (Å²) in [5.41, 5.74) is 0.485. The number of hydrogen-bond donors (Lipinski definition) is 0. The Bertz CT molecular complexity index is 1020. The predicted octanol–water partition coefficient (Wildman–Crippen LogP) is 3.10. The van der Waals surface area contributed by atoms with Gasteiger partial charge in [0.2, 0.25) is 0 Å². The molecule has 2 saturated heterocycles. The summed E-state index contributed by atoms with van der Waals surface area (Å²) < 4.78 is 16.2. The lowest BCUT2D eigenvalue weighted by molar-refractivity contribution is 0.0136. The fraction of sp³-hybridized carbons (Fsp3) is 0.640. The van der Waals surface area contributed by atoms with Gasteiger partial charge in [-0.05, 0) is 53.5 Å². The van der Waals surface area contributed by atoms with Crippen LogP contribution < -0.4 is 4.90 Å². The maximum Gasteiger partial charge on any atom is 0.410 e. The Balaban J connectivity index is 1.58. The molecule has 2 aliphatic rings. The molecular weight excluding hydrogens is 466 g/mol. The van der Waals surface area contributed by atoms with Crippen molar-refractivity contribution in [2.45, 2.75) is 59.1 Å². The SMILES string of the molecule is CCOC(=O)c1cc(C#N)c(C)nc1N1CCN(C(=O)OCC2CCCN2C(=O)OC(C)(C)C)CC1. The fourth-order valence-electron chi connectivity index (χ4n) is 4.24. The molecule has 1 unspecified atom stereocenters. The molecule has 0 radical (unpaired) electrons. The highest BCUT2D eigenvalue weighted by Gasteiger charge is 2.34. The quantitative estimate of drug-likeness (QED) is 0.442. The number of aryl methyl sites for hydroxylation is 1. The van der Waals surface area contributed by atoms with Gasteiger partial charge in [0.1, 0.15) is 29.7 Å². The van der Waals surface area contributed by atoms with Crippen LogP contribution in [0.4, 0.5) is 15.4 Å². The van der Waals surface area contributed by atoms with E-state index in [4.69, 9.17) is 14.2 Å². The number of nitriles is 1. The molecule has 196 valence electrons. The number of ether oxygens (including phenoxy) is 3. The van der Waals surface area contributed by atoms with Crippen LogP contribution in [0.1, 0.15) is 62.2 Å². The molecule has 11 nitrogen and oxygen atoms in total. The van der Waals surface area contributed by atoms with E-state index in [-0.39, 0.29) is 24.8 Å². The zero-order valence-electron chi connectivity index (χ0n) is 21.7. The van der Waals surface area contributed by atoms with E-state index in [1.165, 1.54) is 6.07 Å². The van der Waals surface area contributed by atoms with E-state index in [0.29, 0.717) is 49.8 Å². The minimum atomic E-state index is -0.587. The lowest BCUT2D eigenvalue weighted by atomic mass is 10.1. The molecule has 11 heteroatoms. The Labute approximate surface area is 211 Å². The van der Waals surface area contributed by atoms with Crippen LogP contribution in [-0.4, -0.2) is 90.5 Å². The molecule has 1 aromatic heterocycles. The number of likely N-dealkylation sites (tertiary alicyclic amines) is 1. The highest BCUT2D eigenvalue weighted by Crippen LogP contribution is 2.25. The van der Waals surface area contributed by atoms with E-state index in [1.807, 2.05) is 25.7 Å². The van der Waals surface area contributed by atoms with Gasteiger partial charge < -0.3 is 28.9 Å². The number of rotatable bonds is 5. The van der Waals surface area contributed by atoms with Gasteiger partial charge in [0.15, 0.2) is 0 Å². The fourth-order valence-corrected chi connectivity index (χ4v) is 4.24. The van der Waals surface area contributed by atoms with Crippen LogP contribution in [-0.2, 0) is 14.2 Å². The number of pyridine rings is 1. The Kier molecular flexibility index (Phi) is 8.61. The van der Waals surface area contributed by atoms with Gasteiger partial charge in [-0.2, -0.15) is 5.26 Å². The maximum absolute atomic E-state index is 12.7. The van der Waals surface area contributed by atoms with Crippen LogP contribution in [0.2, 0.25) is 0 Å². The Hall–Kier alpha value is -3.55. The first kappa shape index (κ1) is 27.0. The van der Waals surface area contributed by atoms with Gasteiger partial charge >= 0.3 is 18.2 Å². The molecule has 0 N–H and O–H groups in total. The number of esters is 1. The number of carbonyl (C=O) groups is 3. The monoisotopic (exact) mass is 501 g/mol. The van der Waals surface area contributed by atoms with Crippen molar-refractivity contribution in [1.82, 2.24) is 14.8 Å². The average Bonchev–Trinajstić information content (AvgIpc) is 3.30. The van der Waals surface area contributed by atoms with Crippen molar-refractivity contribution < 1.29 is 28.6 Å². The van der Waals surface area contributed by atoms with Gasteiger partial charge in [0, 0.05) is 32.7 Å². The molecule has 0 saturated carbocycles. The number of aromatic nitrogens is 1. The zero-order valence-corrected chi connectivity index (χ0v) is 21.7. The summed E-state index contributed by atoms with van der Waals surface area (Å²) in [5, 5.41) is 9.33. The lowest BCUT2D eigenvalue weighted by Gasteiger charge is -2.36. The van der Waals surface area contributed by atoms with Gasteiger partial charge in [-0.15, -0.1) is 0 Å². The standard InChI is InChI=1S/C25H35N5O6/c1-6-34-22(31)20-14-18(15-26)17(2)27-21(20)28-10-12-29(13-11-28)23(32)35-16-19-8-7-9-30(19)24(33)36-25(3,4)5/h14,19H,6-13,16H2,1-5H3. The second-order valence-corrected chi connectivity index (χ2v) is 9.85. The molecule has 36 heavy (non-hydrogen) atoms. The Morgan fingerprint density at radius 3 is 2.42 bits per heavy atom. The van der Waals surface area contributed by atoms with Crippen LogP contribution >= 0.6 is 0 Å². The molecule has 0 bridgehead atoms. The molecule has 2 aliphatic heterocycles. The summed E-state index contributed by atoms with van der Waals surface area (Å²) in [7, 11) is 0. The minimum absolute atomic E-state index is 0.113. The molecule has 2 fully saturated rings. The minimum Gasteiger partial charge on any atom is -0.462 e. The van der Waals surface area contributed by atoms with Crippen molar-refractivity contribution in [3.8, 4) is 6.07 Å². The summed E-state index contributed by atoms with van der Waals surface area (Å²) in [5.74, 6) is -0.0960. The van der Waals surface area contributed by atoms with Gasteiger partial charge in [-0.25, -0.2) is 19.4 Å². The zero-order chi connectivity index (χ0) is 26.5. The molecule has 1 atom stereocenters. The summed E-state index contributed by atoms with van der Waals surface area (Å²) in [4.78, 5) is 47.3. The lowest BCUT2D eigenvalue weighted by Crippen LogP contribution is -2.50. The number of hydrogen-bond acceptors (Lipinski definition) is 9. The van der Waals surface area contributed by atoms with Crippen LogP contribution in [0, 0.1) is 18.3 Å². The van der Waals surface area contributed by atoms with Crippen molar-refractivity contribution in [2.24, 2.45) is 0 Å². The largest absolute Gasteiger partial charge is 0.462 e. The molecule has 1 aromatic rings. The van der Waals surface area contributed by atoms with Gasteiger partial charge in [0.25, 0.3) is 0 Å². The van der Waals surface area contributed by atoms with E-state index in [2.05, 4.69) is 11.1 Å². The summed E-state index contributed by atoms with van der Waals surface area (Å²) in [6.07, 6.45) is 0.748. The molecule has 2 amide bonds. The first-order chi connectivity index (χ1) is 17.0. The highest BCUT2D eigenvalue weighted by molar-refractivity contribution is 5.95. The Morgan fingerprint density at radius 2 is 1.81 bits per heavy atom. The topological polar surface area (TPSA) is 125 Å². The normalized spacial score (nSPS) is 18.0. The average molecular weight is 502 g/mol.